The molecule has 1 aliphatic carbocycles. The molecule has 3 aromatic carbocycles. The first kappa shape index (κ1) is 21.3. The molecule has 0 fully saturated rings. The fourth-order valence-electron chi connectivity index (χ4n) is 4.83. The second kappa shape index (κ2) is 8.39. The number of benzene rings is 3. The highest BCUT2D eigenvalue weighted by molar-refractivity contribution is 6.12. The van der Waals surface area contributed by atoms with E-state index in [-0.39, 0.29) is 23.7 Å². The number of ether oxygens (including phenoxy) is 2. The van der Waals surface area contributed by atoms with Gasteiger partial charge < -0.3 is 14.8 Å². The Balaban J connectivity index is 1.63. The van der Waals surface area contributed by atoms with Crippen LogP contribution in [0.1, 0.15) is 50.3 Å². The molecule has 0 aromatic heterocycles. The van der Waals surface area contributed by atoms with Gasteiger partial charge >= 0.3 is 5.97 Å². The molecule has 0 radical (unpaired) electrons. The molecule has 5 nitrogen and oxygen atoms in total. The normalized spacial score (nSPS) is 17.5. The Kier molecular flexibility index (Phi) is 5.41. The van der Waals surface area contributed by atoms with Crippen molar-refractivity contribution in [1.82, 2.24) is 0 Å². The average molecular weight is 442 g/mol. The second-order valence-electron chi connectivity index (χ2n) is 8.94. The molecule has 3 aromatic rings. The number of ketones is 1. The summed E-state index contributed by atoms with van der Waals surface area (Å²) in [5.41, 5.74) is 5.04. The first-order valence-electron chi connectivity index (χ1n) is 11.4. The molecule has 0 saturated heterocycles. The quantitative estimate of drug-likeness (QED) is 0.392. The predicted molar refractivity (Wildman–Crippen MR) is 130 cm³/mol. The lowest BCUT2D eigenvalue weighted by Gasteiger charge is -2.35. The monoisotopic (exact) mass is 441 g/mol. The third-order valence-electron chi connectivity index (χ3n) is 6.48. The summed E-state index contributed by atoms with van der Waals surface area (Å²) in [6.45, 7) is 3.58. The van der Waals surface area contributed by atoms with Crippen molar-refractivity contribution >= 4 is 33.8 Å². The molecule has 1 unspecified atom stereocenters. The SMILES string of the molecule is COc1cc(C2Nc3ccc4ccccc4c3C3=C2C(=O)CCC3)ccc1OC(=O)C(C)C. The zero-order valence-electron chi connectivity index (χ0n) is 19.1. The zero-order chi connectivity index (χ0) is 23.1. The van der Waals surface area contributed by atoms with Crippen LogP contribution in [0.25, 0.3) is 16.3 Å². The Morgan fingerprint density at radius 3 is 2.64 bits per heavy atom. The molecule has 2 aliphatic rings. The van der Waals surface area contributed by atoms with Crippen LogP contribution in [0.3, 0.4) is 0 Å². The molecule has 0 amide bonds. The van der Waals surface area contributed by atoms with Crippen molar-refractivity contribution < 1.29 is 19.1 Å². The Labute approximate surface area is 193 Å². The minimum Gasteiger partial charge on any atom is -0.493 e. The van der Waals surface area contributed by atoms with Crippen LogP contribution in [0, 0.1) is 5.92 Å². The lowest BCUT2D eigenvalue weighted by Crippen LogP contribution is -2.27. The maximum atomic E-state index is 13.2. The van der Waals surface area contributed by atoms with Crippen molar-refractivity contribution in [3.8, 4) is 11.5 Å². The van der Waals surface area contributed by atoms with Gasteiger partial charge in [0.2, 0.25) is 0 Å². The molecule has 5 heteroatoms. The summed E-state index contributed by atoms with van der Waals surface area (Å²) >= 11 is 0. The Bertz CT molecular complexity index is 1300. The minimum atomic E-state index is -0.315. The third kappa shape index (κ3) is 3.67. The minimum absolute atomic E-state index is 0.182. The molecule has 1 atom stereocenters. The van der Waals surface area contributed by atoms with Crippen molar-refractivity contribution in [2.24, 2.45) is 5.92 Å². The molecule has 5 rings (SSSR count). The lowest BCUT2D eigenvalue weighted by molar-refractivity contribution is -0.137. The van der Waals surface area contributed by atoms with E-state index in [1.54, 1.807) is 27.0 Å². The summed E-state index contributed by atoms with van der Waals surface area (Å²) in [5, 5.41) is 5.95. The van der Waals surface area contributed by atoms with Crippen molar-refractivity contribution in [2.75, 3.05) is 12.4 Å². The largest absolute Gasteiger partial charge is 0.493 e. The molecular formula is C28H27NO4. The number of nitrogens with one attached hydrogen (secondary N) is 1. The van der Waals surface area contributed by atoms with E-state index < -0.39 is 0 Å². The van der Waals surface area contributed by atoms with Gasteiger partial charge in [0.25, 0.3) is 0 Å². The van der Waals surface area contributed by atoms with Gasteiger partial charge in [0.05, 0.1) is 19.1 Å². The van der Waals surface area contributed by atoms with Crippen LogP contribution in [-0.2, 0) is 9.59 Å². The van der Waals surface area contributed by atoms with E-state index in [9.17, 15) is 9.59 Å². The van der Waals surface area contributed by atoms with Crippen molar-refractivity contribution in [1.29, 1.82) is 0 Å². The van der Waals surface area contributed by atoms with Crippen LogP contribution in [-0.4, -0.2) is 18.9 Å². The smallest absolute Gasteiger partial charge is 0.313 e. The number of carbonyl (C=O) groups is 2. The molecule has 0 spiro atoms. The van der Waals surface area contributed by atoms with Crippen LogP contribution in [0.15, 0.2) is 60.2 Å². The number of methoxy groups -OCH3 is 1. The Morgan fingerprint density at radius 1 is 1.03 bits per heavy atom. The summed E-state index contributed by atoms with van der Waals surface area (Å²) in [6.07, 6.45) is 2.29. The zero-order valence-corrected chi connectivity index (χ0v) is 19.1. The van der Waals surface area contributed by atoms with E-state index in [1.807, 2.05) is 24.3 Å². The summed E-state index contributed by atoms with van der Waals surface area (Å²) < 4.78 is 11.1. The fourth-order valence-corrected chi connectivity index (χ4v) is 4.83. The molecule has 168 valence electrons. The predicted octanol–water partition coefficient (Wildman–Crippen LogP) is 6.08. The first-order valence-corrected chi connectivity index (χ1v) is 11.4. The van der Waals surface area contributed by atoms with Gasteiger partial charge in [-0.05, 0) is 52.9 Å². The van der Waals surface area contributed by atoms with Gasteiger partial charge in [0.15, 0.2) is 17.3 Å². The molecule has 33 heavy (non-hydrogen) atoms. The number of hydrogen-bond donors (Lipinski definition) is 1. The van der Waals surface area contributed by atoms with Gasteiger partial charge in [-0.1, -0.05) is 50.2 Å². The van der Waals surface area contributed by atoms with Crippen molar-refractivity contribution in [2.45, 2.75) is 39.2 Å². The van der Waals surface area contributed by atoms with Gasteiger partial charge in [-0.2, -0.15) is 0 Å². The number of carbonyl (C=O) groups excluding carboxylic acids is 2. The average Bonchev–Trinajstić information content (AvgIpc) is 2.83. The number of esters is 1. The molecule has 1 N–H and O–H groups in total. The summed E-state index contributed by atoms with van der Waals surface area (Å²) in [7, 11) is 1.55. The van der Waals surface area contributed by atoms with E-state index in [0.29, 0.717) is 17.9 Å². The van der Waals surface area contributed by atoms with Gasteiger partial charge in [-0.15, -0.1) is 0 Å². The van der Waals surface area contributed by atoms with Gasteiger partial charge in [-0.3, -0.25) is 9.59 Å². The lowest BCUT2D eigenvalue weighted by atomic mass is 9.77. The Hall–Kier alpha value is -3.60. The molecular weight excluding hydrogens is 414 g/mol. The van der Waals surface area contributed by atoms with Gasteiger partial charge in [-0.25, -0.2) is 0 Å². The van der Waals surface area contributed by atoms with E-state index in [0.717, 1.165) is 46.2 Å². The van der Waals surface area contributed by atoms with Crippen LogP contribution < -0.4 is 14.8 Å². The standard InChI is InChI=1S/C28H27NO4/c1-16(2)28(31)33-23-14-12-18(15-24(23)32-3)27-26-20(9-6-10-22(26)30)25-19-8-5-4-7-17(19)11-13-21(25)29-27/h4-5,7-8,11-16,27,29H,6,9-10H2,1-3H3. The number of allylic oxidation sites excluding steroid dienone is 1. The number of hydrogen-bond acceptors (Lipinski definition) is 5. The molecule has 0 saturated carbocycles. The summed E-state index contributed by atoms with van der Waals surface area (Å²) in [5.74, 6) is 0.476. The summed E-state index contributed by atoms with van der Waals surface area (Å²) in [4.78, 5) is 25.3. The number of rotatable bonds is 4. The van der Waals surface area contributed by atoms with Crippen LogP contribution in [0.2, 0.25) is 0 Å². The fraction of sp³-hybridized carbons (Fsp3) is 0.286. The van der Waals surface area contributed by atoms with Crippen molar-refractivity contribution in [3.63, 3.8) is 0 Å². The van der Waals surface area contributed by atoms with Crippen molar-refractivity contribution in [3.05, 3.63) is 71.3 Å². The third-order valence-corrected chi connectivity index (χ3v) is 6.48. The molecule has 1 heterocycles. The second-order valence-corrected chi connectivity index (χ2v) is 8.94. The highest BCUT2D eigenvalue weighted by Gasteiger charge is 2.35. The van der Waals surface area contributed by atoms with Crippen LogP contribution >= 0.6 is 0 Å². The maximum absolute atomic E-state index is 13.2. The number of fused-ring (bicyclic) bond motifs is 4. The van der Waals surface area contributed by atoms with Gasteiger partial charge in [0.1, 0.15) is 0 Å². The van der Waals surface area contributed by atoms with Gasteiger partial charge in [0, 0.05) is 23.2 Å². The number of anilines is 1. The van der Waals surface area contributed by atoms with Crippen LogP contribution in [0.5, 0.6) is 11.5 Å². The maximum Gasteiger partial charge on any atom is 0.313 e. The number of Topliss-reactive ketones (excluding diaryl/α,β-unsaturated/α-hetero) is 1. The van der Waals surface area contributed by atoms with E-state index >= 15 is 0 Å². The highest BCUT2D eigenvalue weighted by atomic mass is 16.6. The van der Waals surface area contributed by atoms with E-state index in [2.05, 4.69) is 29.6 Å². The summed E-state index contributed by atoms with van der Waals surface area (Å²) in [6, 6.07) is 17.8. The molecule has 1 aliphatic heterocycles. The first-order chi connectivity index (χ1) is 16.0. The Morgan fingerprint density at radius 2 is 1.85 bits per heavy atom. The molecule has 0 bridgehead atoms. The topological polar surface area (TPSA) is 64.6 Å². The van der Waals surface area contributed by atoms with E-state index in [1.165, 1.54) is 5.39 Å². The highest BCUT2D eigenvalue weighted by Crippen LogP contribution is 2.48. The van der Waals surface area contributed by atoms with E-state index in [4.69, 9.17) is 9.47 Å². The van der Waals surface area contributed by atoms with Crippen LogP contribution in [0.4, 0.5) is 5.69 Å².